The summed E-state index contributed by atoms with van der Waals surface area (Å²) in [5, 5.41) is 7.75. The number of nitrogens with one attached hydrogen (secondary N) is 1. The minimum absolute atomic E-state index is 0.0189. The van der Waals surface area contributed by atoms with Crippen molar-refractivity contribution in [1.82, 2.24) is 24.9 Å². The van der Waals surface area contributed by atoms with E-state index >= 15 is 0 Å². The molecule has 1 unspecified atom stereocenters. The number of halogens is 1. The summed E-state index contributed by atoms with van der Waals surface area (Å²) in [4.78, 5) is 28.1. The van der Waals surface area contributed by atoms with E-state index in [2.05, 4.69) is 10.4 Å². The first kappa shape index (κ1) is 16.1. The molecular formula is C15H22ClN5O2. The van der Waals surface area contributed by atoms with Crippen LogP contribution in [0.5, 0.6) is 0 Å². The van der Waals surface area contributed by atoms with E-state index in [0.29, 0.717) is 18.1 Å². The van der Waals surface area contributed by atoms with Gasteiger partial charge < -0.3 is 15.1 Å². The first-order valence-corrected chi connectivity index (χ1v) is 8.37. The van der Waals surface area contributed by atoms with E-state index in [0.717, 1.165) is 37.3 Å². The van der Waals surface area contributed by atoms with Gasteiger partial charge in [0.25, 0.3) is 0 Å². The van der Waals surface area contributed by atoms with Crippen LogP contribution in [0.25, 0.3) is 0 Å². The minimum Gasteiger partial charge on any atom is -0.339 e. The third-order valence-corrected chi connectivity index (χ3v) is 5.20. The van der Waals surface area contributed by atoms with Crippen LogP contribution in [0.2, 0.25) is 5.02 Å². The zero-order chi connectivity index (χ0) is 16.6. The molecule has 3 rings (SSSR count). The number of amides is 3. The average Bonchev–Trinajstić information content (AvgIpc) is 3.07. The second-order valence-corrected chi connectivity index (χ2v) is 6.58. The van der Waals surface area contributed by atoms with Crippen molar-refractivity contribution < 1.29 is 9.59 Å². The highest BCUT2D eigenvalue weighted by Crippen LogP contribution is 2.21. The number of rotatable bonds is 3. The van der Waals surface area contributed by atoms with Crippen molar-refractivity contribution in [3.63, 3.8) is 0 Å². The summed E-state index contributed by atoms with van der Waals surface area (Å²) >= 11 is 6.13. The predicted molar refractivity (Wildman–Crippen MR) is 86.4 cm³/mol. The fourth-order valence-electron chi connectivity index (χ4n) is 3.33. The lowest BCUT2D eigenvalue weighted by molar-refractivity contribution is -0.134. The second-order valence-electron chi connectivity index (χ2n) is 6.20. The highest BCUT2D eigenvalue weighted by atomic mass is 35.5. The Bertz CT molecular complexity index is 630. The lowest BCUT2D eigenvalue weighted by atomic mass is 10.0. The molecule has 1 atom stereocenters. The van der Waals surface area contributed by atoms with Crippen molar-refractivity contribution in [2.24, 2.45) is 0 Å². The molecule has 0 radical (unpaired) electrons. The lowest BCUT2D eigenvalue weighted by Crippen LogP contribution is -2.51. The van der Waals surface area contributed by atoms with Crippen LogP contribution in [-0.4, -0.2) is 63.7 Å². The summed E-state index contributed by atoms with van der Waals surface area (Å²) in [6.45, 7) is 6.63. The number of aryl methyl sites for hydroxylation is 1. The van der Waals surface area contributed by atoms with E-state index in [1.807, 2.05) is 23.6 Å². The van der Waals surface area contributed by atoms with E-state index in [-0.39, 0.29) is 24.5 Å². The highest BCUT2D eigenvalue weighted by molar-refractivity contribution is 6.31. The molecule has 7 nitrogen and oxygen atoms in total. The van der Waals surface area contributed by atoms with Gasteiger partial charge in [-0.15, -0.1) is 0 Å². The molecule has 23 heavy (non-hydrogen) atoms. The van der Waals surface area contributed by atoms with Gasteiger partial charge in [0, 0.05) is 26.2 Å². The molecule has 3 amide bonds. The number of likely N-dealkylation sites (tertiary alicyclic amines) is 1. The molecule has 126 valence electrons. The molecule has 0 aromatic carbocycles. The van der Waals surface area contributed by atoms with E-state index in [4.69, 9.17) is 11.6 Å². The molecule has 2 saturated heterocycles. The number of piperidine rings is 1. The van der Waals surface area contributed by atoms with Gasteiger partial charge in [0.15, 0.2) is 0 Å². The molecule has 1 aromatic rings. The Morgan fingerprint density at radius 3 is 2.78 bits per heavy atom. The zero-order valence-electron chi connectivity index (χ0n) is 13.5. The summed E-state index contributed by atoms with van der Waals surface area (Å²) in [6, 6.07) is 0.0915. The molecule has 1 aromatic heterocycles. The molecule has 1 N–H and O–H groups in total. The summed E-state index contributed by atoms with van der Waals surface area (Å²) in [7, 11) is 0. The van der Waals surface area contributed by atoms with Gasteiger partial charge in [-0.2, -0.15) is 5.10 Å². The summed E-state index contributed by atoms with van der Waals surface area (Å²) in [5.41, 5.74) is 1.55. The van der Waals surface area contributed by atoms with Gasteiger partial charge in [-0.1, -0.05) is 11.6 Å². The normalized spacial score (nSPS) is 21.7. The van der Waals surface area contributed by atoms with Crippen molar-refractivity contribution in [2.45, 2.75) is 39.3 Å². The maximum absolute atomic E-state index is 12.6. The van der Waals surface area contributed by atoms with Crippen LogP contribution in [0.1, 0.15) is 24.2 Å². The Kier molecular flexibility index (Phi) is 4.48. The van der Waals surface area contributed by atoms with Crippen LogP contribution < -0.4 is 5.32 Å². The molecule has 2 aliphatic rings. The van der Waals surface area contributed by atoms with Crippen LogP contribution >= 0.6 is 11.6 Å². The zero-order valence-corrected chi connectivity index (χ0v) is 14.3. The highest BCUT2D eigenvalue weighted by Gasteiger charge is 2.32. The van der Waals surface area contributed by atoms with Gasteiger partial charge in [-0.25, -0.2) is 4.79 Å². The summed E-state index contributed by atoms with van der Waals surface area (Å²) in [6.07, 6.45) is 1.86. The van der Waals surface area contributed by atoms with Gasteiger partial charge in [0.05, 0.1) is 22.5 Å². The van der Waals surface area contributed by atoms with Crippen LogP contribution in [-0.2, 0) is 11.3 Å². The Labute approximate surface area is 140 Å². The van der Waals surface area contributed by atoms with Crippen LogP contribution in [0, 0.1) is 13.8 Å². The molecular weight excluding hydrogens is 318 g/mol. The largest absolute Gasteiger partial charge is 0.339 e. The van der Waals surface area contributed by atoms with Gasteiger partial charge in [0.1, 0.15) is 6.54 Å². The second kappa shape index (κ2) is 6.39. The van der Waals surface area contributed by atoms with Crippen LogP contribution in [0.4, 0.5) is 4.79 Å². The van der Waals surface area contributed by atoms with Gasteiger partial charge >= 0.3 is 6.03 Å². The molecule has 0 spiro atoms. The minimum atomic E-state index is -0.0189. The topological polar surface area (TPSA) is 70.5 Å². The fourth-order valence-corrected chi connectivity index (χ4v) is 3.46. The molecule has 8 heteroatoms. The number of carbonyl (C=O) groups excluding carboxylic acids is 2. The SMILES string of the molecule is Cc1nn(CC(=O)N2CCCC(N3CCNC3=O)C2)c(C)c1Cl. The third kappa shape index (κ3) is 3.15. The first-order valence-electron chi connectivity index (χ1n) is 7.99. The average molecular weight is 340 g/mol. The van der Waals surface area contributed by atoms with Gasteiger partial charge in [0.2, 0.25) is 5.91 Å². The first-order chi connectivity index (χ1) is 11.0. The number of urea groups is 1. The van der Waals surface area contributed by atoms with E-state index in [9.17, 15) is 9.59 Å². The third-order valence-electron chi connectivity index (χ3n) is 4.66. The maximum atomic E-state index is 12.6. The van der Waals surface area contributed by atoms with Crippen molar-refractivity contribution in [3.05, 3.63) is 16.4 Å². The molecule has 0 bridgehead atoms. The van der Waals surface area contributed by atoms with Crippen molar-refractivity contribution in [3.8, 4) is 0 Å². The maximum Gasteiger partial charge on any atom is 0.317 e. The molecule has 2 aliphatic heterocycles. The predicted octanol–water partition coefficient (Wildman–Crippen LogP) is 1.17. The monoisotopic (exact) mass is 339 g/mol. The molecule has 0 saturated carbocycles. The van der Waals surface area contributed by atoms with Gasteiger partial charge in [-0.3, -0.25) is 9.48 Å². The number of hydrogen-bond donors (Lipinski definition) is 1. The smallest absolute Gasteiger partial charge is 0.317 e. The van der Waals surface area contributed by atoms with Crippen LogP contribution in [0.3, 0.4) is 0 Å². The molecule has 0 aliphatic carbocycles. The van der Waals surface area contributed by atoms with E-state index < -0.39 is 0 Å². The Hall–Kier alpha value is -1.76. The molecule has 2 fully saturated rings. The Morgan fingerprint density at radius 1 is 1.39 bits per heavy atom. The lowest BCUT2D eigenvalue weighted by Gasteiger charge is -2.37. The van der Waals surface area contributed by atoms with Crippen molar-refractivity contribution >= 4 is 23.5 Å². The summed E-state index contributed by atoms with van der Waals surface area (Å²) < 4.78 is 1.66. The molecule has 3 heterocycles. The van der Waals surface area contributed by atoms with Crippen molar-refractivity contribution in [2.75, 3.05) is 26.2 Å². The number of carbonyl (C=O) groups is 2. The quantitative estimate of drug-likeness (QED) is 0.898. The standard InChI is InChI=1S/C15H22ClN5O2/c1-10-14(16)11(2)21(18-10)9-13(22)19-6-3-4-12(8-19)20-7-5-17-15(20)23/h12H,3-9H2,1-2H3,(H,17,23). The number of nitrogens with zero attached hydrogens (tertiary/aromatic N) is 4. The van der Waals surface area contributed by atoms with Gasteiger partial charge in [-0.05, 0) is 26.7 Å². The van der Waals surface area contributed by atoms with Crippen LogP contribution in [0.15, 0.2) is 0 Å². The Balaban J connectivity index is 1.65. The van der Waals surface area contributed by atoms with E-state index in [1.165, 1.54) is 0 Å². The van der Waals surface area contributed by atoms with E-state index in [1.54, 1.807) is 4.68 Å². The fraction of sp³-hybridized carbons (Fsp3) is 0.667. The summed E-state index contributed by atoms with van der Waals surface area (Å²) in [5.74, 6) is 0.0246. The number of aromatic nitrogens is 2. The van der Waals surface area contributed by atoms with Crippen molar-refractivity contribution in [1.29, 1.82) is 0 Å². The Morgan fingerprint density at radius 2 is 2.17 bits per heavy atom. The number of hydrogen-bond acceptors (Lipinski definition) is 3.